The Kier molecular flexibility index (Phi) is 5.30. The van der Waals surface area contributed by atoms with Gasteiger partial charge in [0.1, 0.15) is 0 Å². The van der Waals surface area contributed by atoms with E-state index in [1.54, 1.807) is 0 Å². The van der Waals surface area contributed by atoms with Crippen molar-refractivity contribution >= 4 is 10.0 Å². The molecule has 0 aromatic heterocycles. The first-order valence-corrected chi connectivity index (χ1v) is 9.53. The normalized spacial score (nSPS) is 18.1. The predicted octanol–water partition coefficient (Wildman–Crippen LogP) is 2.76. The zero-order valence-corrected chi connectivity index (χ0v) is 15.1. The summed E-state index contributed by atoms with van der Waals surface area (Å²) >= 11 is 0. The molecule has 1 heterocycles. The Morgan fingerprint density at radius 1 is 1.09 bits per heavy atom. The van der Waals surface area contributed by atoms with Crippen LogP contribution in [0.25, 0.3) is 0 Å². The van der Waals surface area contributed by atoms with Crippen molar-refractivity contribution in [3.05, 3.63) is 28.8 Å². The van der Waals surface area contributed by atoms with Gasteiger partial charge in [-0.15, -0.1) is 0 Å². The molecule has 0 spiro atoms. The Bertz CT molecular complexity index is 607. The Labute approximate surface area is 135 Å². The highest BCUT2D eigenvalue weighted by molar-refractivity contribution is 7.89. The predicted molar refractivity (Wildman–Crippen MR) is 90.7 cm³/mol. The summed E-state index contributed by atoms with van der Waals surface area (Å²) in [5.74, 6) is 0. The SMILES string of the molecule is Cc1cc(C)c(S(=O)(=O)NC2CCN(C(C)C)CC2)c(C)c1. The zero-order chi connectivity index (χ0) is 16.5. The van der Waals surface area contributed by atoms with Crippen LogP contribution in [0.3, 0.4) is 0 Å². The van der Waals surface area contributed by atoms with Gasteiger partial charge < -0.3 is 4.90 Å². The van der Waals surface area contributed by atoms with Gasteiger partial charge in [0.15, 0.2) is 0 Å². The van der Waals surface area contributed by atoms with Crippen LogP contribution in [0.15, 0.2) is 17.0 Å². The summed E-state index contributed by atoms with van der Waals surface area (Å²) in [6.07, 6.45) is 1.75. The van der Waals surface area contributed by atoms with Crippen LogP contribution in [0.4, 0.5) is 0 Å². The summed E-state index contributed by atoms with van der Waals surface area (Å²) in [7, 11) is -3.44. The van der Waals surface area contributed by atoms with Gasteiger partial charge >= 0.3 is 0 Å². The van der Waals surface area contributed by atoms with Crippen LogP contribution in [0.1, 0.15) is 43.4 Å². The van der Waals surface area contributed by atoms with E-state index in [9.17, 15) is 8.42 Å². The van der Waals surface area contributed by atoms with Gasteiger partial charge in [-0.2, -0.15) is 0 Å². The molecular weight excluding hydrogens is 296 g/mol. The quantitative estimate of drug-likeness (QED) is 0.926. The number of sulfonamides is 1. The second kappa shape index (κ2) is 6.69. The van der Waals surface area contributed by atoms with Crippen molar-refractivity contribution < 1.29 is 8.42 Å². The maximum Gasteiger partial charge on any atom is 0.241 e. The molecule has 5 heteroatoms. The number of nitrogens with zero attached hydrogens (tertiary/aromatic N) is 1. The van der Waals surface area contributed by atoms with Gasteiger partial charge in [0.05, 0.1) is 4.90 Å². The van der Waals surface area contributed by atoms with Crippen LogP contribution >= 0.6 is 0 Å². The van der Waals surface area contributed by atoms with Gasteiger partial charge in [-0.3, -0.25) is 0 Å². The van der Waals surface area contributed by atoms with E-state index < -0.39 is 10.0 Å². The Morgan fingerprint density at radius 2 is 1.59 bits per heavy atom. The van der Waals surface area contributed by atoms with Crippen LogP contribution in [0.2, 0.25) is 0 Å². The fourth-order valence-electron chi connectivity index (χ4n) is 3.40. The summed E-state index contributed by atoms with van der Waals surface area (Å²) in [4.78, 5) is 2.84. The highest BCUT2D eigenvalue weighted by Gasteiger charge is 2.27. The molecule has 1 aliphatic rings. The molecule has 1 aromatic carbocycles. The maximum absolute atomic E-state index is 12.7. The van der Waals surface area contributed by atoms with Crippen LogP contribution in [-0.4, -0.2) is 38.5 Å². The first-order chi connectivity index (χ1) is 10.2. The van der Waals surface area contributed by atoms with Gasteiger partial charge in [-0.1, -0.05) is 17.7 Å². The van der Waals surface area contributed by atoms with Crippen molar-refractivity contribution in [2.45, 2.75) is 64.4 Å². The zero-order valence-electron chi connectivity index (χ0n) is 14.3. The molecule has 0 radical (unpaired) electrons. The van der Waals surface area contributed by atoms with E-state index in [1.165, 1.54) is 0 Å². The van der Waals surface area contributed by atoms with Gasteiger partial charge in [-0.05, 0) is 71.7 Å². The minimum atomic E-state index is -3.44. The molecule has 1 fully saturated rings. The number of likely N-dealkylation sites (tertiary alicyclic amines) is 1. The van der Waals surface area contributed by atoms with Gasteiger partial charge in [0.2, 0.25) is 10.0 Å². The molecule has 4 nitrogen and oxygen atoms in total. The molecule has 124 valence electrons. The average Bonchev–Trinajstić information content (AvgIpc) is 2.36. The van der Waals surface area contributed by atoms with Crippen LogP contribution in [0, 0.1) is 20.8 Å². The first-order valence-electron chi connectivity index (χ1n) is 8.05. The fourth-order valence-corrected chi connectivity index (χ4v) is 5.16. The smallest absolute Gasteiger partial charge is 0.241 e. The number of hydrogen-bond donors (Lipinski definition) is 1. The molecule has 0 aliphatic carbocycles. The number of piperidine rings is 1. The highest BCUT2D eigenvalue weighted by Crippen LogP contribution is 2.23. The molecule has 0 atom stereocenters. The average molecular weight is 324 g/mol. The minimum Gasteiger partial charge on any atom is -0.301 e. The molecule has 1 aromatic rings. The van der Waals surface area contributed by atoms with E-state index in [-0.39, 0.29) is 6.04 Å². The van der Waals surface area contributed by atoms with Gasteiger partial charge in [-0.25, -0.2) is 13.1 Å². The van der Waals surface area contributed by atoms with E-state index in [0.29, 0.717) is 10.9 Å². The Morgan fingerprint density at radius 3 is 2.05 bits per heavy atom. The first kappa shape index (κ1) is 17.4. The number of benzene rings is 1. The maximum atomic E-state index is 12.7. The van der Waals surface area contributed by atoms with Crippen molar-refractivity contribution in [3.8, 4) is 0 Å². The highest BCUT2D eigenvalue weighted by atomic mass is 32.2. The van der Waals surface area contributed by atoms with E-state index >= 15 is 0 Å². The van der Waals surface area contributed by atoms with Crippen molar-refractivity contribution in [1.82, 2.24) is 9.62 Å². The fraction of sp³-hybridized carbons (Fsp3) is 0.647. The van der Waals surface area contributed by atoms with Crippen molar-refractivity contribution in [1.29, 1.82) is 0 Å². The summed E-state index contributed by atoms with van der Waals surface area (Å²) in [5.41, 5.74) is 2.74. The summed E-state index contributed by atoms with van der Waals surface area (Å²) in [5, 5.41) is 0. The number of rotatable bonds is 4. The molecule has 22 heavy (non-hydrogen) atoms. The Hall–Kier alpha value is -0.910. The largest absolute Gasteiger partial charge is 0.301 e. The summed E-state index contributed by atoms with van der Waals surface area (Å²) in [6, 6.07) is 4.44. The van der Waals surface area contributed by atoms with Crippen molar-refractivity contribution in [3.63, 3.8) is 0 Å². The van der Waals surface area contributed by atoms with Gasteiger partial charge in [0.25, 0.3) is 0 Å². The lowest BCUT2D eigenvalue weighted by Crippen LogP contribution is -2.46. The number of aryl methyl sites for hydroxylation is 3. The lowest BCUT2D eigenvalue weighted by Gasteiger charge is -2.34. The molecule has 1 N–H and O–H groups in total. The topological polar surface area (TPSA) is 49.4 Å². The monoisotopic (exact) mass is 324 g/mol. The lowest BCUT2D eigenvalue weighted by molar-refractivity contribution is 0.168. The molecule has 2 rings (SSSR count). The van der Waals surface area contributed by atoms with Crippen LogP contribution in [0.5, 0.6) is 0 Å². The Balaban J connectivity index is 2.13. The third-order valence-corrected chi connectivity index (χ3v) is 6.28. The lowest BCUT2D eigenvalue weighted by atomic mass is 10.1. The van der Waals surface area contributed by atoms with E-state index in [0.717, 1.165) is 42.6 Å². The van der Waals surface area contributed by atoms with E-state index in [2.05, 4.69) is 23.5 Å². The van der Waals surface area contributed by atoms with Crippen LogP contribution < -0.4 is 4.72 Å². The minimum absolute atomic E-state index is 0.0418. The molecule has 0 bridgehead atoms. The van der Waals surface area contributed by atoms with Crippen LogP contribution in [-0.2, 0) is 10.0 Å². The standard InChI is InChI=1S/C17H28N2O2S/c1-12(2)19-8-6-16(7-9-19)18-22(20,21)17-14(4)10-13(3)11-15(17)5/h10-12,16,18H,6-9H2,1-5H3. The second-order valence-corrected chi connectivity index (χ2v) is 8.40. The number of hydrogen-bond acceptors (Lipinski definition) is 3. The van der Waals surface area contributed by atoms with E-state index in [1.807, 2.05) is 32.9 Å². The summed E-state index contributed by atoms with van der Waals surface area (Å²) < 4.78 is 28.4. The van der Waals surface area contributed by atoms with Crippen molar-refractivity contribution in [2.24, 2.45) is 0 Å². The van der Waals surface area contributed by atoms with Gasteiger partial charge in [0, 0.05) is 12.1 Å². The molecule has 1 aliphatic heterocycles. The third kappa shape index (κ3) is 3.89. The second-order valence-electron chi connectivity index (χ2n) is 6.75. The third-order valence-electron chi connectivity index (χ3n) is 4.46. The molecule has 1 saturated heterocycles. The molecule has 0 amide bonds. The number of nitrogens with one attached hydrogen (secondary N) is 1. The molecule has 0 unspecified atom stereocenters. The van der Waals surface area contributed by atoms with E-state index in [4.69, 9.17) is 0 Å². The summed E-state index contributed by atoms with van der Waals surface area (Å²) in [6.45, 7) is 12.0. The van der Waals surface area contributed by atoms with Crippen molar-refractivity contribution in [2.75, 3.05) is 13.1 Å². The molecular formula is C17H28N2O2S. The molecule has 0 saturated carbocycles.